The van der Waals surface area contributed by atoms with Gasteiger partial charge in [0.2, 0.25) is 0 Å². The highest BCUT2D eigenvalue weighted by molar-refractivity contribution is 6.03. The Hall–Kier alpha value is -3.94. The molecule has 4 aromatic rings. The molecule has 1 N–H and O–H groups in total. The van der Waals surface area contributed by atoms with E-state index in [1.165, 1.54) is 0 Å². The van der Waals surface area contributed by atoms with Crippen molar-refractivity contribution in [2.45, 2.75) is 6.54 Å². The summed E-state index contributed by atoms with van der Waals surface area (Å²) in [6, 6.07) is 14.2. The highest BCUT2D eigenvalue weighted by atomic mass is 16.5. The van der Waals surface area contributed by atoms with E-state index in [0.717, 1.165) is 5.56 Å². The van der Waals surface area contributed by atoms with Crippen LogP contribution in [0, 0.1) is 0 Å². The van der Waals surface area contributed by atoms with Crippen LogP contribution in [0.1, 0.15) is 10.5 Å². The zero-order chi connectivity index (χ0) is 19.2. The van der Waals surface area contributed by atoms with Crippen molar-refractivity contribution in [2.75, 3.05) is 11.9 Å². The number of pyridine rings is 1. The molecule has 0 aliphatic rings. The Labute approximate surface area is 160 Å². The van der Waals surface area contributed by atoms with Crippen LogP contribution in [-0.4, -0.2) is 32.4 Å². The topological polar surface area (TPSA) is 95.1 Å². The summed E-state index contributed by atoms with van der Waals surface area (Å²) in [6.07, 6.45) is 6.90. The molecular formula is C20H17N5O3. The lowest BCUT2D eigenvalue weighted by Crippen LogP contribution is -2.12. The molecule has 140 valence electrons. The van der Waals surface area contributed by atoms with E-state index in [0.29, 0.717) is 30.3 Å². The first-order valence-electron chi connectivity index (χ1n) is 8.67. The summed E-state index contributed by atoms with van der Waals surface area (Å²) >= 11 is 0. The molecule has 28 heavy (non-hydrogen) atoms. The van der Waals surface area contributed by atoms with Crippen molar-refractivity contribution in [3.63, 3.8) is 0 Å². The minimum atomic E-state index is -0.368. The number of aromatic nitrogens is 4. The highest BCUT2D eigenvalue weighted by Crippen LogP contribution is 2.21. The monoisotopic (exact) mass is 375 g/mol. The number of carbonyl (C=O) groups excluding carboxylic acids is 1. The van der Waals surface area contributed by atoms with Crippen LogP contribution in [0.2, 0.25) is 0 Å². The molecule has 1 amide bonds. The van der Waals surface area contributed by atoms with E-state index in [1.807, 2.05) is 30.5 Å². The van der Waals surface area contributed by atoms with Crippen LogP contribution in [0.15, 0.2) is 77.8 Å². The van der Waals surface area contributed by atoms with E-state index in [-0.39, 0.29) is 11.6 Å². The van der Waals surface area contributed by atoms with Gasteiger partial charge in [0.25, 0.3) is 5.91 Å². The molecule has 8 nitrogen and oxygen atoms in total. The number of nitrogens with one attached hydrogen (secondary N) is 1. The van der Waals surface area contributed by atoms with Gasteiger partial charge in [-0.3, -0.25) is 14.5 Å². The largest absolute Gasteiger partial charge is 0.492 e. The molecule has 0 aliphatic carbocycles. The number of hydrogen-bond donors (Lipinski definition) is 1. The lowest BCUT2D eigenvalue weighted by molar-refractivity contribution is 0.101. The van der Waals surface area contributed by atoms with Crippen LogP contribution in [0.5, 0.6) is 5.75 Å². The summed E-state index contributed by atoms with van der Waals surface area (Å²) in [7, 11) is 0. The molecule has 3 aromatic heterocycles. The summed E-state index contributed by atoms with van der Waals surface area (Å²) in [5, 5.41) is 10.7. The van der Waals surface area contributed by atoms with E-state index in [2.05, 4.69) is 20.6 Å². The number of ether oxygens (including phenoxy) is 1. The van der Waals surface area contributed by atoms with Crippen molar-refractivity contribution < 1.29 is 14.1 Å². The zero-order valence-corrected chi connectivity index (χ0v) is 14.9. The lowest BCUT2D eigenvalue weighted by atomic mass is 10.2. The molecule has 0 radical (unpaired) electrons. The van der Waals surface area contributed by atoms with Gasteiger partial charge < -0.3 is 14.6 Å². The number of anilines is 1. The maximum atomic E-state index is 12.4. The molecule has 0 aliphatic heterocycles. The van der Waals surface area contributed by atoms with Gasteiger partial charge in [-0.2, -0.15) is 5.10 Å². The summed E-state index contributed by atoms with van der Waals surface area (Å²) in [6.45, 7) is 1.11. The molecule has 4 rings (SSSR count). The number of rotatable bonds is 7. The van der Waals surface area contributed by atoms with E-state index in [9.17, 15) is 4.79 Å². The molecular weight excluding hydrogens is 358 g/mol. The average molecular weight is 375 g/mol. The third-order valence-corrected chi connectivity index (χ3v) is 3.93. The van der Waals surface area contributed by atoms with Gasteiger partial charge in [-0.05, 0) is 30.3 Å². The van der Waals surface area contributed by atoms with Crippen molar-refractivity contribution >= 4 is 11.6 Å². The number of hydrogen-bond acceptors (Lipinski definition) is 6. The van der Waals surface area contributed by atoms with E-state index < -0.39 is 0 Å². The minimum Gasteiger partial charge on any atom is -0.492 e. The fourth-order valence-electron chi connectivity index (χ4n) is 2.58. The normalized spacial score (nSPS) is 10.6. The van der Waals surface area contributed by atoms with Gasteiger partial charge >= 0.3 is 0 Å². The number of benzene rings is 1. The third-order valence-electron chi connectivity index (χ3n) is 3.93. The number of nitrogens with zero attached hydrogens (tertiary/aromatic N) is 4. The summed E-state index contributed by atoms with van der Waals surface area (Å²) in [5.41, 5.74) is 1.54. The first kappa shape index (κ1) is 17.5. The molecule has 0 unspecified atom stereocenters. The number of amides is 1. The lowest BCUT2D eigenvalue weighted by Gasteiger charge is -2.08. The van der Waals surface area contributed by atoms with Crippen molar-refractivity contribution in [3.05, 3.63) is 79.0 Å². The Kier molecular flexibility index (Phi) is 5.10. The third kappa shape index (κ3) is 4.24. The molecule has 0 spiro atoms. The standard InChI is InChI=1S/C20H17N5O3/c26-20(18-13-19(28-24-18)15-4-2-7-21-14-15)23-16-5-1-6-17(12-16)27-11-10-25-9-3-8-22-25/h1-9,12-14H,10-11H2,(H,23,26). The van der Waals surface area contributed by atoms with E-state index in [4.69, 9.17) is 9.26 Å². The minimum absolute atomic E-state index is 0.184. The summed E-state index contributed by atoms with van der Waals surface area (Å²) < 4.78 is 12.7. The summed E-state index contributed by atoms with van der Waals surface area (Å²) in [4.78, 5) is 16.5. The van der Waals surface area contributed by atoms with Crippen molar-refractivity contribution in [2.24, 2.45) is 0 Å². The summed E-state index contributed by atoms with van der Waals surface area (Å²) in [5.74, 6) is 0.766. The van der Waals surface area contributed by atoms with E-state index in [1.54, 1.807) is 47.5 Å². The van der Waals surface area contributed by atoms with Gasteiger partial charge in [0.1, 0.15) is 12.4 Å². The molecule has 0 saturated heterocycles. The molecule has 0 atom stereocenters. The second-order valence-corrected chi connectivity index (χ2v) is 5.92. The molecule has 0 bridgehead atoms. The maximum absolute atomic E-state index is 12.4. The molecule has 0 fully saturated rings. The van der Waals surface area contributed by atoms with Gasteiger partial charge in [0.15, 0.2) is 11.5 Å². The molecule has 8 heteroatoms. The van der Waals surface area contributed by atoms with E-state index >= 15 is 0 Å². The van der Waals surface area contributed by atoms with Gasteiger partial charge in [-0.1, -0.05) is 11.2 Å². The smallest absolute Gasteiger partial charge is 0.277 e. The van der Waals surface area contributed by atoms with Crippen molar-refractivity contribution in [1.29, 1.82) is 0 Å². The van der Waals surface area contributed by atoms with Gasteiger partial charge in [-0.25, -0.2) is 0 Å². The van der Waals surface area contributed by atoms with Gasteiger partial charge in [0, 0.05) is 48.2 Å². The average Bonchev–Trinajstić information content (AvgIpc) is 3.41. The van der Waals surface area contributed by atoms with Crippen LogP contribution in [0.4, 0.5) is 5.69 Å². The van der Waals surface area contributed by atoms with Crippen LogP contribution >= 0.6 is 0 Å². The van der Waals surface area contributed by atoms with Crippen molar-refractivity contribution in [1.82, 2.24) is 19.9 Å². The first-order chi connectivity index (χ1) is 13.8. The quantitative estimate of drug-likeness (QED) is 0.533. The Morgan fingerprint density at radius 3 is 2.93 bits per heavy atom. The van der Waals surface area contributed by atoms with Crippen LogP contribution in [0.3, 0.4) is 0 Å². The Morgan fingerprint density at radius 1 is 1.14 bits per heavy atom. The van der Waals surface area contributed by atoms with Crippen molar-refractivity contribution in [3.8, 4) is 17.1 Å². The van der Waals surface area contributed by atoms with Crippen LogP contribution in [-0.2, 0) is 6.54 Å². The van der Waals surface area contributed by atoms with Gasteiger partial charge in [-0.15, -0.1) is 0 Å². The highest BCUT2D eigenvalue weighted by Gasteiger charge is 2.14. The fourth-order valence-corrected chi connectivity index (χ4v) is 2.58. The SMILES string of the molecule is O=C(Nc1cccc(OCCn2cccn2)c1)c1cc(-c2cccnc2)on1. The first-order valence-corrected chi connectivity index (χ1v) is 8.67. The van der Waals surface area contributed by atoms with Gasteiger partial charge in [0.05, 0.1) is 6.54 Å². The fraction of sp³-hybridized carbons (Fsp3) is 0.100. The van der Waals surface area contributed by atoms with Crippen LogP contribution in [0.25, 0.3) is 11.3 Å². The van der Waals surface area contributed by atoms with Crippen LogP contribution < -0.4 is 10.1 Å². The zero-order valence-electron chi connectivity index (χ0n) is 14.9. The molecule has 1 aromatic carbocycles. The number of carbonyl (C=O) groups is 1. The second-order valence-electron chi connectivity index (χ2n) is 5.92. The Balaban J connectivity index is 1.37. The Morgan fingerprint density at radius 2 is 2.11 bits per heavy atom. The predicted octanol–water partition coefficient (Wildman–Crippen LogP) is 3.26. The predicted molar refractivity (Wildman–Crippen MR) is 102 cm³/mol. The Bertz CT molecular complexity index is 1040. The maximum Gasteiger partial charge on any atom is 0.277 e. The second kappa shape index (κ2) is 8.17. The molecule has 3 heterocycles. The molecule has 0 saturated carbocycles.